The van der Waals surface area contributed by atoms with Gasteiger partial charge in [0.15, 0.2) is 11.5 Å². The normalized spacial score (nSPS) is 10.9. The molecule has 0 spiro atoms. The summed E-state index contributed by atoms with van der Waals surface area (Å²) in [5, 5.41) is 32.9. The highest BCUT2D eigenvalue weighted by atomic mass is 16.8. The van der Waals surface area contributed by atoms with E-state index < -0.39 is 11.5 Å². The SMILES string of the molecule is Nc1c(O)c(N)c2no[n+]([O-])c2c1O. The minimum atomic E-state index is -0.608. The maximum atomic E-state index is 11.0. The molecule has 8 heteroatoms. The van der Waals surface area contributed by atoms with E-state index in [9.17, 15) is 15.4 Å². The van der Waals surface area contributed by atoms with E-state index in [1.807, 2.05) is 0 Å². The van der Waals surface area contributed by atoms with E-state index in [4.69, 9.17) is 11.5 Å². The summed E-state index contributed by atoms with van der Waals surface area (Å²) >= 11 is 0. The van der Waals surface area contributed by atoms with Gasteiger partial charge >= 0.3 is 0 Å². The smallest absolute Gasteiger partial charge is 0.279 e. The van der Waals surface area contributed by atoms with Crippen LogP contribution in [-0.4, -0.2) is 15.4 Å². The highest BCUT2D eigenvalue weighted by molar-refractivity contribution is 5.98. The Balaban J connectivity index is 3.05. The molecule has 8 nitrogen and oxygen atoms in total. The van der Waals surface area contributed by atoms with Gasteiger partial charge in [-0.05, 0) is 4.90 Å². The van der Waals surface area contributed by atoms with Crippen molar-refractivity contribution in [2.45, 2.75) is 0 Å². The van der Waals surface area contributed by atoms with Crippen LogP contribution < -0.4 is 16.4 Å². The fraction of sp³-hybridized carbons (Fsp3) is 0. The fourth-order valence-electron chi connectivity index (χ4n) is 1.12. The van der Waals surface area contributed by atoms with Crippen LogP contribution in [0.1, 0.15) is 0 Å². The summed E-state index contributed by atoms with van der Waals surface area (Å²) in [6.45, 7) is 0. The lowest BCUT2D eigenvalue weighted by Crippen LogP contribution is -2.22. The molecule has 0 amide bonds. The van der Waals surface area contributed by atoms with Gasteiger partial charge in [0.2, 0.25) is 0 Å². The molecule has 74 valence electrons. The third kappa shape index (κ3) is 0.762. The number of nitrogens with zero attached hydrogens (tertiary/aromatic N) is 2. The maximum absolute atomic E-state index is 11.0. The van der Waals surface area contributed by atoms with Crippen molar-refractivity contribution >= 4 is 22.4 Å². The Morgan fingerprint density at radius 2 is 1.86 bits per heavy atom. The van der Waals surface area contributed by atoms with Gasteiger partial charge in [0.05, 0.1) is 0 Å². The van der Waals surface area contributed by atoms with Crippen LogP contribution >= 0.6 is 0 Å². The van der Waals surface area contributed by atoms with Gasteiger partial charge in [-0.15, -0.1) is 0 Å². The first-order chi connectivity index (χ1) is 6.54. The van der Waals surface area contributed by atoms with Gasteiger partial charge < -0.3 is 26.9 Å². The van der Waals surface area contributed by atoms with E-state index in [2.05, 4.69) is 9.79 Å². The summed E-state index contributed by atoms with van der Waals surface area (Å²) in [6.07, 6.45) is 0. The average Bonchev–Trinajstić information content (AvgIpc) is 2.54. The zero-order chi connectivity index (χ0) is 10.5. The first kappa shape index (κ1) is 8.23. The largest absolute Gasteiger partial charge is 0.504 e. The number of aromatic hydroxyl groups is 2. The van der Waals surface area contributed by atoms with Crippen LogP contribution in [0.4, 0.5) is 11.4 Å². The van der Waals surface area contributed by atoms with Crippen molar-refractivity contribution in [3.8, 4) is 11.5 Å². The number of nitrogens with two attached hydrogens (primary N) is 2. The zero-order valence-electron chi connectivity index (χ0n) is 6.76. The molecule has 2 aromatic rings. The molecule has 2 rings (SSSR count). The van der Waals surface area contributed by atoms with Crippen molar-refractivity contribution < 1.29 is 19.7 Å². The van der Waals surface area contributed by atoms with Crippen molar-refractivity contribution in [1.29, 1.82) is 0 Å². The summed E-state index contributed by atoms with van der Waals surface area (Å²) < 4.78 is 4.19. The molecule has 0 bridgehead atoms. The van der Waals surface area contributed by atoms with E-state index in [-0.39, 0.29) is 27.3 Å². The number of fused-ring (bicyclic) bond motifs is 1. The van der Waals surface area contributed by atoms with E-state index in [0.29, 0.717) is 0 Å². The number of aromatic nitrogens is 2. The Labute approximate surface area is 76.5 Å². The molecule has 0 unspecified atom stereocenters. The number of hydrogen-bond acceptors (Lipinski definition) is 7. The molecule has 1 heterocycles. The molecular formula is C6H6N4O4. The lowest BCUT2D eigenvalue weighted by molar-refractivity contribution is -0.782. The highest BCUT2D eigenvalue weighted by Gasteiger charge is 2.24. The zero-order valence-corrected chi connectivity index (χ0v) is 6.76. The second-order valence-electron chi connectivity index (χ2n) is 2.65. The van der Waals surface area contributed by atoms with Crippen LogP contribution in [0, 0.1) is 5.21 Å². The molecule has 0 saturated carbocycles. The Morgan fingerprint density at radius 1 is 1.21 bits per heavy atom. The van der Waals surface area contributed by atoms with Crippen molar-refractivity contribution in [3.05, 3.63) is 5.21 Å². The highest BCUT2D eigenvalue weighted by Crippen LogP contribution is 2.41. The van der Waals surface area contributed by atoms with Crippen LogP contribution in [0.15, 0.2) is 4.63 Å². The van der Waals surface area contributed by atoms with Crippen molar-refractivity contribution in [3.63, 3.8) is 0 Å². The second kappa shape index (κ2) is 2.31. The minimum absolute atomic E-state index is 0.0448. The van der Waals surface area contributed by atoms with Crippen molar-refractivity contribution in [1.82, 2.24) is 5.16 Å². The number of benzene rings is 1. The van der Waals surface area contributed by atoms with Crippen molar-refractivity contribution in [2.24, 2.45) is 0 Å². The number of anilines is 2. The number of phenols is 2. The summed E-state index contributed by atoms with van der Waals surface area (Å²) in [5.41, 5.74) is 9.62. The Morgan fingerprint density at radius 3 is 2.50 bits per heavy atom. The van der Waals surface area contributed by atoms with Crippen LogP contribution in [-0.2, 0) is 0 Å². The predicted molar refractivity (Wildman–Crippen MR) is 45.1 cm³/mol. The van der Waals surface area contributed by atoms with Gasteiger partial charge in [0.25, 0.3) is 11.0 Å². The summed E-state index contributed by atoms with van der Waals surface area (Å²) in [4.78, 5) is -0.0448. The molecule has 0 atom stereocenters. The van der Waals surface area contributed by atoms with E-state index in [0.717, 1.165) is 0 Å². The Kier molecular flexibility index (Phi) is 1.36. The van der Waals surface area contributed by atoms with Gasteiger partial charge in [0, 0.05) is 5.16 Å². The van der Waals surface area contributed by atoms with Gasteiger partial charge in [-0.25, -0.2) is 0 Å². The molecule has 1 aromatic carbocycles. The first-order valence-corrected chi connectivity index (χ1v) is 3.52. The molecule has 0 aliphatic rings. The van der Waals surface area contributed by atoms with Gasteiger partial charge in [0.1, 0.15) is 11.4 Å². The summed E-state index contributed by atoms with van der Waals surface area (Å²) in [6, 6.07) is 0. The quantitative estimate of drug-likeness (QED) is 0.184. The van der Waals surface area contributed by atoms with Crippen LogP contribution in [0.5, 0.6) is 11.5 Å². The maximum Gasteiger partial charge on any atom is 0.279 e. The first-order valence-electron chi connectivity index (χ1n) is 3.52. The number of hydrogen-bond donors (Lipinski definition) is 4. The number of phenolic OH excluding ortho intramolecular Hbond substituents is 2. The summed E-state index contributed by atoms with van der Waals surface area (Å²) in [7, 11) is 0. The van der Waals surface area contributed by atoms with E-state index in [1.54, 1.807) is 0 Å². The van der Waals surface area contributed by atoms with Crippen molar-refractivity contribution in [2.75, 3.05) is 11.5 Å². The third-order valence-electron chi connectivity index (χ3n) is 1.86. The Bertz CT molecular complexity index is 520. The third-order valence-corrected chi connectivity index (χ3v) is 1.86. The second-order valence-corrected chi connectivity index (χ2v) is 2.65. The molecule has 0 aliphatic heterocycles. The predicted octanol–water partition coefficient (Wildman–Crippen LogP) is -0.963. The topological polar surface area (TPSA) is 145 Å². The van der Waals surface area contributed by atoms with E-state index >= 15 is 0 Å². The van der Waals surface area contributed by atoms with Crippen LogP contribution in [0.3, 0.4) is 0 Å². The van der Waals surface area contributed by atoms with Gasteiger partial charge in [-0.1, -0.05) is 0 Å². The van der Waals surface area contributed by atoms with Gasteiger partial charge in [-0.3, -0.25) is 4.63 Å². The molecule has 0 radical (unpaired) electrons. The monoisotopic (exact) mass is 198 g/mol. The fourth-order valence-corrected chi connectivity index (χ4v) is 1.12. The lowest BCUT2D eigenvalue weighted by atomic mass is 10.2. The molecule has 0 fully saturated rings. The Hall–Kier alpha value is -2.38. The molecule has 0 saturated heterocycles. The molecule has 6 N–H and O–H groups in total. The molecule has 14 heavy (non-hydrogen) atoms. The molecule has 0 aliphatic carbocycles. The van der Waals surface area contributed by atoms with Crippen LogP contribution in [0.25, 0.3) is 11.0 Å². The lowest BCUT2D eigenvalue weighted by Gasteiger charge is -2.02. The number of rotatable bonds is 0. The molecule has 1 aromatic heterocycles. The minimum Gasteiger partial charge on any atom is -0.504 e. The van der Waals surface area contributed by atoms with Gasteiger partial charge in [-0.2, -0.15) is 0 Å². The van der Waals surface area contributed by atoms with E-state index in [1.165, 1.54) is 0 Å². The average molecular weight is 198 g/mol. The molecular weight excluding hydrogens is 192 g/mol. The van der Waals surface area contributed by atoms with Crippen LogP contribution in [0.2, 0.25) is 0 Å². The standard InChI is InChI=1S/C6H6N4O4/c7-1-3-4(10(13)14-9-3)6(12)2(8)5(1)11/h11-12H,7-8H2. The summed E-state index contributed by atoms with van der Waals surface area (Å²) in [5.74, 6) is -1.13. The number of nitrogen functional groups attached to an aromatic ring is 2.